The zero-order chi connectivity index (χ0) is 4.28. The van der Waals surface area contributed by atoms with Crippen LogP contribution in [-0.4, -0.2) is 18.0 Å². The predicted octanol–water partition coefficient (Wildman–Crippen LogP) is 0.167. The van der Waals surface area contributed by atoms with Crippen molar-refractivity contribution < 1.29 is 15.0 Å². The summed E-state index contributed by atoms with van der Waals surface area (Å²) < 4.78 is 3.88. The van der Waals surface area contributed by atoms with Gasteiger partial charge in [-0.2, -0.15) is 0 Å². The molecule has 38 valence electrons. The highest BCUT2D eigenvalue weighted by Gasteiger charge is 1.80. The van der Waals surface area contributed by atoms with Gasteiger partial charge in [-0.3, -0.25) is 0 Å². The van der Waals surface area contributed by atoms with Crippen molar-refractivity contribution in [2.45, 2.75) is 0 Å². The third-order valence-electron chi connectivity index (χ3n) is 0.160. The van der Waals surface area contributed by atoms with E-state index < -0.39 is 5.43 Å². The number of hydrogen-bond donors (Lipinski definition) is 0. The van der Waals surface area contributed by atoms with Crippen molar-refractivity contribution in [3.63, 3.8) is 0 Å². The molecule has 0 bridgehead atoms. The van der Waals surface area contributed by atoms with Crippen molar-refractivity contribution in [1.29, 1.82) is 0 Å². The Morgan fingerprint density at radius 1 is 1.83 bits per heavy atom. The Morgan fingerprint density at radius 3 is 2.00 bits per heavy atom. The Balaban J connectivity index is 0. The molecule has 0 saturated carbocycles. The fourth-order valence-corrected chi connectivity index (χ4v) is 0. The average molecular weight is 113 g/mol. The molecule has 0 saturated heterocycles. The zero-order valence-electron chi connectivity index (χ0n) is 3.19. The summed E-state index contributed by atoms with van der Waals surface area (Å²) in [5, 5.41) is 0. The Hall–Kier alpha value is -0.280. The minimum Gasteiger partial charge on any atom is -0.457 e. The maximum atomic E-state index is 9.36. The summed E-state index contributed by atoms with van der Waals surface area (Å²) in [6.45, 7) is 0. The molecule has 0 aliphatic rings. The zero-order valence-corrected chi connectivity index (χ0v) is 3.95. The van der Waals surface area contributed by atoms with Gasteiger partial charge >= 0.3 is 5.43 Å². The van der Waals surface area contributed by atoms with Crippen LogP contribution in [0.25, 0.3) is 0 Å². The third-order valence-corrected chi connectivity index (χ3v) is 0.315. The van der Waals surface area contributed by atoms with Crippen molar-refractivity contribution in [2.24, 2.45) is 0 Å². The molecule has 0 rings (SSSR count). The maximum Gasteiger partial charge on any atom is 0.403 e. The van der Waals surface area contributed by atoms with E-state index in [9.17, 15) is 4.79 Å². The first-order chi connectivity index (χ1) is 2.27. The lowest BCUT2D eigenvalue weighted by atomic mass is 11.5. The van der Waals surface area contributed by atoms with Gasteiger partial charge in [0.05, 0.1) is 7.11 Å². The number of ether oxygens (including phenoxy) is 1. The summed E-state index contributed by atoms with van der Waals surface area (Å²) in [6, 6.07) is 0. The summed E-state index contributed by atoms with van der Waals surface area (Å²) in [5.74, 6) is 0. The van der Waals surface area contributed by atoms with Crippen molar-refractivity contribution in [1.82, 2.24) is 0 Å². The van der Waals surface area contributed by atoms with Crippen LogP contribution in [0.1, 0.15) is 0 Å². The predicted molar refractivity (Wildman–Crippen MR) is 21.9 cm³/mol. The van der Waals surface area contributed by atoms with Crippen LogP contribution in [-0.2, 0) is 4.74 Å². The summed E-state index contributed by atoms with van der Waals surface area (Å²) in [6.07, 6.45) is 0. The molecule has 0 aromatic rings. The van der Waals surface area contributed by atoms with Crippen LogP contribution in [0.3, 0.4) is 0 Å². The molecular formula is C2H5ClO3. The molecule has 0 aliphatic heterocycles. The van der Waals surface area contributed by atoms with Gasteiger partial charge in [-0.05, 0) is 0 Å². The highest BCUT2D eigenvalue weighted by Crippen LogP contribution is 1.78. The standard InChI is InChI=1S/C2H3ClO2.H2O/c1-5-2(3)4;/h1H3;1H2. The summed E-state index contributed by atoms with van der Waals surface area (Å²) in [4.78, 5) is 9.36. The number of carbonyl (C=O) groups is 1. The van der Waals surface area contributed by atoms with E-state index >= 15 is 0 Å². The van der Waals surface area contributed by atoms with E-state index in [0.29, 0.717) is 0 Å². The first-order valence-electron chi connectivity index (χ1n) is 1.01. The highest BCUT2D eigenvalue weighted by molar-refractivity contribution is 6.61. The van der Waals surface area contributed by atoms with E-state index in [1.54, 1.807) is 0 Å². The van der Waals surface area contributed by atoms with Crippen LogP contribution in [0.2, 0.25) is 0 Å². The van der Waals surface area contributed by atoms with Gasteiger partial charge in [0.2, 0.25) is 0 Å². The van der Waals surface area contributed by atoms with Crippen molar-refractivity contribution in [2.75, 3.05) is 7.11 Å². The lowest BCUT2D eigenvalue weighted by Gasteiger charge is -1.77. The summed E-state index contributed by atoms with van der Waals surface area (Å²) in [7, 11) is 1.22. The van der Waals surface area contributed by atoms with Crippen molar-refractivity contribution in [3.8, 4) is 0 Å². The van der Waals surface area contributed by atoms with E-state index in [4.69, 9.17) is 0 Å². The lowest BCUT2D eigenvalue weighted by Crippen LogP contribution is -1.80. The van der Waals surface area contributed by atoms with Gasteiger partial charge in [-0.15, -0.1) is 0 Å². The normalized spacial score (nSPS) is 5.67. The largest absolute Gasteiger partial charge is 0.457 e. The van der Waals surface area contributed by atoms with Crippen molar-refractivity contribution in [3.05, 3.63) is 0 Å². The van der Waals surface area contributed by atoms with Gasteiger partial charge < -0.3 is 10.2 Å². The molecule has 0 aromatic heterocycles. The third kappa shape index (κ3) is 9.30. The number of carbonyl (C=O) groups excluding carboxylic acids is 1. The molecule has 0 fully saturated rings. The van der Waals surface area contributed by atoms with Crippen LogP contribution in [0.5, 0.6) is 0 Å². The highest BCUT2D eigenvalue weighted by atomic mass is 35.5. The van der Waals surface area contributed by atoms with Gasteiger partial charge in [-0.25, -0.2) is 4.79 Å². The van der Waals surface area contributed by atoms with Gasteiger partial charge in [0.25, 0.3) is 0 Å². The molecular weight excluding hydrogens is 107 g/mol. The molecule has 6 heavy (non-hydrogen) atoms. The van der Waals surface area contributed by atoms with Crippen LogP contribution >= 0.6 is 11.6 Å². The van der Waals surface area contributed by atoms with E-state index in [1.807, 2.05) is 0 Å². The average Bonchev–Trinajstić information content (AvgIpc) is 1.38. The molecule has 0 amide bonds. The van der Waals surface area contributed by atoms with E-state index in [-0.39, 0.29) is 5.48 Å². The number of methoxy groups -OCH3 is 1. The molecule has 0 radical (unpaired) electrons. The fraction of sp³-hybridized carbons (Fsp3) is 0.500. The molecule has 0 spiro atoms. The van der Waals surface area contributed by atoms with Gasteiger partial charge in [0.1, 0.15) is 0 Å². The second kappa shape index (κ2) is 4.72. The van der Waals surface area contributed by atoms with Gasteiger partial charge in [0, 0.05) is 11.6 Å². The topological polar surface area (TPSA) is 57.8 Å². The first-order valence-corrected chi connectivity index (χ1v) is 1.38. The second-order valence-corrected chi connectivity index (χ2v) is 0.750. The monoisotopic (exact) mass is 112 g/mol. The second-order valence-electron chi connectivity index (χ2n) is 0.442. The smallest absolute Gasteiger partial charge is 0.403 e. The number of rotatable bonds is 0. The number of halogens is 1. The molecule has 3 nitrogen and oxygen atoms in total. The van der Waals surface area contributed by atoms with E-state index in [0.717, 1.165) is 0 Å². The fourth-order valence-electron chi connectivity index (χ4n) is 0. The summed E-state index contributed by atoms with van der Waals surface area (Å²) in [5.41, 5.74) is -0.773. The molecule has 0 heterocycles. The summed E-state index contributed by atoms with van der Waals surface area (Å²) >= 11 is 4.60. The quantitative estimate of drug-likeness (QED) is 0.420. The van der Waals surface area contributed by atoms with Gasteiger partial charge in [-0.1, -0.05) is 0 Å². The van der Waals surface area contributed by atoms with Gasteiger partial charge in [0.15, 0.2) is 0 Å². The van der Waals surface area contributed by atoms with Crippen LogP contribution < -0.4 is 0 Å². The Labute approximate surface area is 40.2 Å². The minimum absolute atomic E-state index is 0. The molecule has 0 unspecified atom stereocenters. The Bertz CT molecular complexity index is 44.1. The Morgan fingerprint density at radius 2 is 2.00 bits per heavy atom. The SMILES string of the molecule is COC(=O)Cl.O. The van der Waals surface area contributed by atoms with Crippen LogP contribution in [0.4, 0.5) is 4.79 Å². The van der Waals surface area contributed by atoms with E-state index in [2.05, 4.69) is 16.3 Å². The van der Waals surface area contributed by atoms with Crippen LogP contribution in [0, 0.1) is 0 Å². The van der Waals surface area contributed by atoms with Crippen LogP contribution in [0.15, 0.2) is 0 Å². The molecule has 0 aromatic carbocycles. The molecule has 0 atom stereocenters. The lowest BCUT2D eigenvalue weighted by molar-refractivity contribution is 0.198. The van der Waals surface area contributed by atoms with E-state index in [1.165, 1.54) is 7.11 Å². The molecule has 2 N–H and O–H groups in total. The van der Waals surface area contributed by atoms with Crippen molar-refractivity contribution >= 4 is 17.0 Å². The first kappa shape index (κ1) is 9.21. The minimum atomic E-state index is -0.773. The maximum absolute atomic E-state index is 9.36. The Kier molecular flexibility index (Phi) is 7.24. The molecule has 0 aliphatic carbocycles. The number of hydrogen-bond acceptors (Lipinski definition) is 2. The molecule has 4 heteroatoms.